The molecule has 0 bridgehead atoms. The second kappa shape index (κ2) is 6.30. The molecule has 18 heavy (non-hydrogen) atoms. The first-order valence-corrected chi connectivity index (χ1v) is 5.27. The van der Waals surface area contributed by atoms with Gasteiger partial charge in [-0.3, -0.25) is 4.79 Å². The van der Waals surface area contributed by atoms with Crippen LogP contribution in [0.5, 0.6) is 5.75 Å². The number of hydrogen-bond acceptors (Lipinski definition) is 3. The molecule has 1 aromatic rings. The summed E-state index contributed by atoms with van der Waals surface area (Å²) in [6, 6.07) is 5.08. The van der Waals surface area contributed by atoms with E-state index in [1.54, 1.807) is 12.1 Å². The number of carbonyl (C=O) groups is 2. The van der Waals surface area contributed by atoms with E-state index in [4.69, 9.17) is 10.2 Å². The number of aromatic hydroxyl groups is 1. The molecule has 1 aromatic carbocycles. The van der Waals surface area contributed by atoms with Gasteiger partial charge >= 0.3 is 5.97 Å². The highest BCUT2D eigenvalue weighted by molar-refractivity contribution is 5.96. The Morgan fingerprint density at radius 1 is 1.33 bits per heavy atom. The molecule has 0 saturated carbocycles. The van der Waals surface area contributed by atoms with Gasteiger partial charge in [0.05, 0.1) is 0 Å². The summed E-state index contributed by atoms with van der Waals surface area (Å²) in [5.74, 6) is 2.97. The Morgan fingerprint density at radius 2 is 1.94 bits per heavy atom. The minimum Gasteiger partial charge on any atom is -0.508 e. The number of hydrogen-bond donors (Lipinski definition) is 3. The number of carboxylic acids is 1. The fourth-order valence-electron chi connectivity index (χ4n) is 1.38. The number of nitrogens with one attached hydrogen (secondary N) is 1. The number of benzene rings is 1. The molecule has 1 amide bonds. The molecule has 0 aliphatic heterocycles. The first kappa shape index (κ1) is 13.6. The molecule has 94 valence electrons. The molecule has 0 radical (unpaired) electrons. The maximum Gasteiger partial charge on any atom is 0.326 e. The van der Waals surface area contributed by atoms with E-state index in [2.05, 4.69) is 17.2 Å². The van der Waals surface area contributed by atoms with Gasteiger partial charge in [0.25, 0.3) is 5.91 Å². The maximum atomic E-state index is 11.2. The van der Waals surface area contributed by atoms with Crippen molar-refractivity contribution in [1.82, 2.24) is 5.32 Å². The first-order chi connectivity index (χ1) is 8.52. The summed E-state index contributed by atoms with van der Waals surface area (Å²) in [4.78, 5) is 22.2. The Hall–Kier alpha value is -2.48. The van der Waals surface area contributed by atoms with Crippen LogP contribution in [0, 0.1) is 11.8 Å². The van der Waals surface area contributed by atoms with E-state index in [1.807, 2.05) is 0 Å². The van der Waals surface area contributed by atoms with Gasteiger partial charge < -0.3 is 15.5 Å². The molecule has 1 unspecified atom stereocenters. The summed E-state index contributed by atoms with van der Waals surface area (Å²) < 4.78 is 0. The third-order valence-electron chi connectivity index (χ3n) is 2.22. The highest BCUT2D eigenvalue weighted by atomic mass is 16.4. The third kappa shape index (κ3) is 4.18. The van der Waals surface area contributed by atoms with Crippen LogP contribution in [0.2, 0.25) is 0 Å². The van der Waals surface area contributed by atoms with Gasteiger partial charge in [-0.25, -0.2) is 4.79 Å². The van der Waals surface area contributed by atoms with E-state index < -0.39 is 17.9 Å². The van der Waals surface area contributed by atoms with Crippen molar-refractivity contribution in [3.05, 3.63) is 29.8 Å². The number of phenols is 1. The molecule has 1 atom stereocenters. The molecule has 0 fully saturated rings. The second-order valence-corrected chi connectivity index (χ2v) is 3.61. The fraction of sp³-hybridized carbons (Fsp3) is 0.231. The highest BCUT2D eigenvalue weighted by Crippen LogP contribution is 2.11. The summed E-state index contributed by atoms with van der Waals surface area (Å²) in [7, 11) is 0. The molecule has 0 saturated heterocycles. The van der Waals surface area contributed by atoms with E-state index in [-0.39, 0.29) is 12.2 Å². The van der Waals surface area contributed by atoms with Gasteiger partial charge in [0.15, 0.2) is 0 Å². The number of carboxylic acid groups (broad SMARTS) is 1. The molecular formula is C13H13NO4. The Labute approximate surface area is 104 Å². The highest BCUT2D eigenvalue weighted by Gasteiger charge is 2.19. The van der Waals surface area contributed by atoms with E-state index in [9.17, 15) is 9.59 Å². The zero-order chi connectivity index (χ0) is 13.5. The van der Waals surface area contributed by atoms with Gasteiger partial charge in [0.1, 0.15) is 11.8 Å². The smallest absolute Gasteiger partial charge is 0.326 e. The number of rotatable bonds is 4. The molecule has 0 aromatic heterocycles. The van der Waals surface area contributed by atoms with Crippen molar-refractivity contribution in [3.8, 4) is 17.6 Å². The van der Waals surface area contributed by atoms with Crippen molar-refractivity contribution in [2.24, 2.45) is 0 Å². The van der Waals surface area contributed by atoms with E-state index in [0.29, 0.717) is 5.56 Å². The Kier molecular flexibility index (Phi) is 4.76. The first-order valence-electron chi connectivity index (χ1n) is 5.27. The minimum absolute atomic E-state index is 0.103. The average molecular weight is 247 g/mol. The van der Waals surface area contributed by atoms with Gasteiger partial charge in [-0.05, 0) is 30.5 Å². The Bertz CT molecular complexity index is 496. The van der Waals surface area contributed by atoms with Gasteiger partial charge in [-0.15, -0.1) is 0 Å². The predicted octanol–water partition coefficient (Wildman–Crippen LogP) is 0.527. The standard InChI is InChI=1S/C13H13NO4/c1-2-3-12(16)14-11(13(17)18)8-9-4-6-10(15)7-5-9/h4-7,11,15H,8H2,1H3,(H,14,16)(H,17,18). The van der Waals surface area contributed by atoms with Crippen molar-refractivity contribution in [3.63, 3.8) is 0 Å². The lowest BCUT2D eigenvalue weighted by molar-refractivity contribution is -0.141. The SMILES string of the molecule is CC#CC(=O)NC(Cc1ccc(O)cc1)C(=O)O. The molecule has 0 aliphatic rings. The van der Waals surface area contributed by atoms with Crippen LogP contribution >= 0.6 is 0 Å². The zero-order valence-electron chi connectivity index (χ0n) is 9.80. The van der Waals surface area contributed by atoms with Crippen molar-refractivity contribution in [2.75, 3.05) is 0 Å². The largest absolute Gasteiger partial charge is 0.508 e. The Balaban J connectivity index is 2.73. The lowest BCUT2D eigenvalue weighted by Gasteiger charge is -2.12. The monoisotopic (exact) mass is 247 g/mol. The zero-order valence-corrected chi connectivity index (χ0v) is 9.80. The van der Waals surface area contributed by atoms with Gasteiger partial charge in [0.2, 0.25) is 0 Å². The van der Waals surface area contributed by atoms with E-state index >= 15 is 0 Å². The normalized spacial score (nSPS) is 10.9. The quantitative estimate of drug-likeness (QED) is 0.677. The van der Waals surface area contributed by atoms with Crippen LogP contribution in [0.4, 0.5) is 0 Å². The van der Waals surface area contributed by atoms with Crippen LogP contribution < -0.4 is 5.32 Å². The van der Waals surface area contributed by atoms with Crippen LogP contribution in [0.3, 0.4) is 0 Å². The molecule has 3 N–H and O–H groups in total. The predicted molar refractivity (Wildman–Crippen MR) is 64.8 cm³/mol. The van der Waals surface area contributed by atoms with Crippen LogP contribution in [-0.2, 0) is 16.0 Å². The van der Waals surface area contributed by atoms with Gasteiger partial charge in [-0.1, -0.05) is 18.1 Å². The topological polar surface area (TPSA) is 86.6 Å². The number of phenolic OH excluding ortho intramolecular Hbond substituents is 1. The van der Waals surface area contributed by atoms with Crippen molar-refractivity contribution in [1.29, 1.82) is 0 Å². The number of aliphatic carboxylic acids is 1. The minimum atomic E-state index is -1.13. The van der Waals surface area contributed by atoms with E-state index in [1.165, 1.54) is 19.1 Å². The van der Waals surface area contributed by atoms with Crippen LogP contribution in [0.25, 0.3) is 0 Å². The molecule has 5 heteroatoms. The fourth-order valence-corrected chi connectivity index (χ4v) is 1.38. The van der Waals surface area contributed by atoms with Crippen molar-refractivity contribution < 1.29 is 19.8 Å². The molecule has 0 heterocycles. The number of carbonyl (C=O) groups excluding carboxylic acids is 1. The van der Waals surface area contributed by atoms with Gasteiger partial charge in [-0.2, -0.15) is 0 Å². The molecule has 0 spiro atoms. The molecule has 5 nitrogen and oxygen atoms in total. The molecular weight excluding hydrogens is 234 g/mol. The lowest BCUT2D eigenvalue weighted by atomic mass is 10.1. The van der Waals surface area contributed by atoms with E-state index in [0.717, 1.165) is 0 Å². The average Bonchev–Trinajstić information content (AvgIpc) is 2.31. The maximum absolute atomic E-state index is 11.2. The Morgan fingerprint density at radius 3 is 2.44 bits per heavy atom. The van der Waals surface area contributed by atoms with Gasteiger partial charge in [0, 0.05) is 6.42 Å². The summed E-state index contributed by atoms with van der Waals surface area (Å²) >= 11 is 0. The van der Waals surface area contributed by atoms with Crippen molar-refractivity contribution >= 4 is 11.9 Å². The van der Waals surface area contributed by atoms with Crippen molar-refractivity contribution in [2.45, 2.75) is 19.4 Å². The lowest BCUT2D eigenvalue weighted by Crippen LogP contribution is -2.41. The molecule has 0 aliphatic carbocycles. The number of amides is 1. The van der Waals surface area contributed by atoms with Crippen LogP contribution in [0.1, 0.15) is 12.5 Å². The van der Waals surface area contributed by atoms with Crippen LogP contribution in [0.15, 0.2) is 24.3 Å². The van der Waals surface area contributed by atoms with Crippen LogP contribution in [-0.4, -0.2) is 28.1 Å². The second-order valence-electron chi connectivity index (χ2n) is 3.61. The summed E-state index contributed by atoms with van der Waals surface area (Å²) in [5.41, 5.74) is 0.699. The third-order valence-corrected chi connectivity index (χ3v) is 2.22. The summed E-state index contributed by atoms with van der Waals surface area (Å²) in [5, 5.41) is 20.4. The summed E-state index contributed by atoms with van der Waals surface area (Å²) in [6.07, 6.45) is 0.132. The molecule has 1 rings (SSSR count). The summed E-state index contributed by atoms with van der Waals surface area (Å²) in [6.45, 7) is 1.50.